The second kappa shape index (κ2) is 8.35. The smallest absolute Gasteiger partial charge is 0.256 e. The fourth-order valence-corrected chi connectivity index (χ4v) is 4.13. The van der Waals surface area contributed by atoms with Crippen LogP contribution in [0.2, 0.25) is 0 Å². The largest absolute Gasteiger partial charge is 0.321 e. The van der Waals surface area contributed by atoms with Gasteiger partial charge in [0, 0.05) is 16.6 Å². The Bertz CT molecular complexity index is 1290. The zero-order valence-electron chi connectivity index (χ0n) is 18.8. The quantitative estimate of drug-likeness (QED) is 0.388. The number of fused-ring (bicyclic) bond motifs is 1. The van der Waals surface area contributed by atoms with Crippen molar-refractivity contribution in [1.82, 2.24) is 4.98 Å². The van der Waals surface area contributed by atoms with E-state index < -0.39 is 0 Å². The molecule has 1 amide bonds. The Labute approximate surface area is 184 Å². The summed E-state index contributed by atoms with van der Waals surface area (Å²) in [6.07, 6.45) is 0. The number of rotatable bonds is 4. The van der Waals surface area contributed by atoms with Gasteiger partial charge in [-0.2, -0.15) is 0 Å². The van der Waals surface area contributed by atoms with Gasteiger partial charge in [0.1, 0.15) is 0 Å². The van der Waals surface area contributed by atoms with Crippen LogP contribution < -0.4 is 5.32 Å². The molecular formula is C28H28N2O. The van der Waals surface area contributed by atoms with Crippen molar-refractivity contribution in [2.75, 3.05) is 5.32 Å². The van der Waals surface area contributed by atoms with Gasteiger partial charge in [-0.3, -0.25) is 4.79 Å². The number of aromatic nitrogens is 1. The fraction of sp³-hybridized carbons (Fsp3) is 0.214. The third-order valence-electron chi connectivity index (χ3n) is 5.78. The maximum atomic E-state index is 13.5. The van der Waals surface area contributed by atoms with E-state index in [2.05, 4.69) is 57.3 Å². The molecule has 0 saturated carbocycles. The van der Waals surface area contributed by atoms with Crippen LogP contribution in [0.5, 0.6) is 0 Å². The maximum absolute atomic E-state index is 13.5. The Morgan fingerprint density at radius 1 is 0.871 bits per heavy atom. The minimum atomic E-state index is -0.110. The molecule has 156 valence electrons. The molecule has 0 aliphatic rings. The van der Waals surface area contributed by atoms with E-state index in [0.717, 1.165) is 44.5 Å². The molecule has 4 rings (SSSR count). The number of carbonyl (C=O) groups is 1. The molecule has 0 saturated heterocycles. The third-order valence-corrected chi connectivity index (χ3v) is 5.78. The summed E-state index contributed by atoms with van der Waals surface area (Å²) in [6.45, 7) is 10.5. The van der Waals surface area contributed by atoms with Crippen molar-refractivity contribution in [2.45, 2.75) is 40.5 Å². The number of hydrogen-bond acceptors (Lipinski definition) is 2. The number of nitrogens with zero attached hydrogens (tertiary/aromatic N) is 1. The highest BCUT2D eigenvalue weighted by Crippen LogP contribution is 2.31. The number of pyridine rings is 1. The molecule has 1 aromatic heterocycles. The molecule has 1 N–H and O–H groups in total. The van der Waals surface area contributed by atoms with Gasteiger partial charge in [-0.05, 0) is 55.5 Å². The molecule has 0 unspecified atom stereocenters. The molecule has 0 radical (unpaired) electrons. The van der Waals surface area contributed by atoms with E-state index in [1.54, 1.807) is 0 Å². The van der Waals surface area contributed by atoms with Crippen LogP contribution in [0.4, 0.5) is 5.69 Å². The molecule has 0 spiro atoms. The van der Waals surface area contributed by atoms with Crippen LogP contribution in [-0.2, 0) is 0 Å². The van der Waals surface area contributed by atoms with Gasteiger partial charge >= 0.3 is 0 Å². The van der Waals surface area contributed by atoms with Crippen LogP contribution in [0.3, 0.4) is 0 Å². The minimum absolute atomic E-state index is 0.110. The van der Waals surface area contributed by atoms with Gasteiger partial charge in [0.25, 0.3) is 5.91 Å². The Morgan fingerprint density at radius 2 is 1.65 bits per heavy atom. The normalized spacial score (nSPS) is 11.2. The molecule has 3 nitrogen and oxygen atoms in total. The Kier molecular flexibility index (Phi) is 5.60. The standard InChI is InChI=1S/C28H28N2O/c1-17(2)21-11-8-9-19(4)27(21)30-28(31)24-16-26(22-14-13-18(3)15-20(22)5)29-25-12-7-6-10-23(24)25/h6-17H,1-5H3,(H,30,31). The SMILES string of the molecule is Cc1ccc(-c2cc(C(=O)Nc3c(C)cccc3C(C)C)c3ccccc3n2)c(C)c1. The van der Waals surface area contributed by atoms with Crippen LogP contribution in [0.15, 0.2) is 66.7 Å². The summed E-state index contributed by atoms with van der Waals surface area (Å²) in [4.78, 5) is 18.4. The van der Waals surface area contributed by atoms with E-state index in [0.29, 0.717) is 11.5 Å². The van der Waals surface area contributed by atoms with Crippen LogP contribution in [0.25, 0.3) is 22.2 Å². The molecule has 0 atom stereocenters. The summed E-state index contributed by atoms with van der Waals surface area (Å²) in [5.74, 6) is 0.205. The van der Waals surface area contributed by atoms with Crippen molar-refractivity contribution in [1.29, 1.82) is 0 Å². The van der Waals surface area contributed by atoms with Crippen molar-refractivity contribution in [3.8, 4) is 11.3 Å². The summed E-state index contributed by atoms with van der Waals surface area (Å²) in [5, 5.41) is 4.06. The number of carbonyl (C=O) groups excluding carboxylic acids is 1. The summed E-state index contributed by atoms with van der Waals surface area (Å²) in [6, 6.07) is 22.2. The van der Waals surface area contributed by atoms with E-state index in [1.807, 2.05) is 49.4 Å². The molecule has 3 aromatic carbocycles. The predicted molar refractivity (Wildman–Crippen MR) is 130 cm³/mol. The number of anilines is 1. The highest BCUT2D eigenvalue weighted by Gasteiger charge is 2.18. The number of aryl methyl sites for hydroxylation is 3. The lowest BCUT2D eigenvalue weighted by molar-refractivity contribution is 0.102. The van der Waals surface area contributed by atoms with Gasteiger partial charge in [-0.25, -0.2) is 4.98 Å². The van der Waals surface area contributed by atoms with Gasteiger partial charge in [-0.15, -0.1) is 0 Å². The molecule has 0 bridgehead atoms. The lowest BCUT2D eigenvalue weighted by Gasteiger charge is -2.17. The van der Waals surface area contributed by atoms with Crippen molar-refractivity contribution in [3.05, 3.63) is 94.5 Å². The van der Waals surface area contributed by atoms with Gasteiger partial charge in [-0.1, -0.05) is 74.0 Å². The van der Waals surface area contributed by atoms with E-state index in [4.69, 9.17) is 4.98 Å². The van der Waals surface area contributed by atoms with Gasteiger partial charge in [0.15, 0.2) is 0 Å². The third kappa shape index (κ3) is 4.09. The molecule has 0 aliphatic carbocycles. The van der Waals surface area contributed by atoms with Crippen molar-refractivity contribution < 1.29 is 4.79 Å². The average molecular weight is 409 g/mol. The van der Waals surface area contributed by atoms with Crippen LogP contribution in [0.1, 0.15) is 52.4 Å². The number of hydrogen-bond donors (Lipinski definition) is 1. The van der Waals surface area contributed by atoms with E-state index in [-0.39, 0.29) is 5.91 Å². The molecular weight excluding hydrogens is 380 g/mol. The van der Waals surface area contributed by atoms with Crippen molar-refractivity contribution >= 4 is 22.5 Å². The Balaban J connectivity index is 1.85. The second-order valence-corrected chi connectivity index (χ2v) is 8.54. The summed E-state index contributed by atoms with van der Waals surface area (Å²) < 4.78 is 0. The molecule has 31 heavy (non-hydrogen) atoms. The number of nitrogens with one attached hydrogen (secondary N) is 1. The fourth-order valence-electron chi connectivity index (χ4n) is 4.13. The van der Waals surface area contributed by atoms with E-state index >= 15 is 0 Å². The van der Waals surface area contributed by atoms with Gasteiger partial charge in [0.2, 0.25) is 0 Å². The van der Waals surface area contributed by atoms with Crippen LogP contribution in [0, 0.1) is 20.8 Å². The predicted octanol–water partition coefficient (Wildman–Crippen LogP) is 7.20. The first-order valence-electron chi connectivity index (χ1n) is 10.7. The number of para-hydroxylation sites is 2. The topological polar surface area (TPSA) is 42.0 Å². The highest BCUT2D eigenvalue weighted by molar-refractivity contribution is 6.13. The lowest BCUT2D eigenvalue weighted by atomic mass is 9.97. The summed E-state index contributed by atoms with van der Waals surface area (Å²) >= 11 is 0. The molecule has 0 aliphatic heterocycles. The number of benzene rings is 3. The van der Waals surface area contributed by atoms with Gasteiger partial charge < -0.3 is 5.32 Å². The molecule has 4 aromatic rings. The molecule has 1 heterocycles. The number of amides is 1. The van der Waals surface area contributed by atoms with E-state index in [1.165, 1.54) is 5.56 Å². The van der Waals surface area contributed by atoms with Gasteiger partial charge in [0.05, 0.1) is 16.8 Å². The first kappa shape index (κ1) is 20.8. The van der Waals surface area contributed by atoms with E-state index in [9.17, 15) is 4.79 Å². The Hall–Kier alpha value is -3.46. The van der Waals surface area contributed by atoms with Crippen LogP contribution >= 0.6 is 0 Å². The minimum Gasteiger partial charge on any atom is -0.321 e. The lowest BCUT2D eigenvalue weighted by Crippen LogP contribution is -2.16. The van der Waals surface area contributed by atoms with Crippen molar-refractivity contribution in [2.24, 2.45) is 0 Å². The Morgan fingerprint density at radius 3 is 2.39 bits per heavy atom. The first-order chi connectivity index (χ1) is 14.8. The monoisotopic (exact) mass is 408 g/mol. The summed E-state index contributed by atoms with van der Waals surface area (Å²) in [7, 11) is 0. The first-order valence-corrected chi connectivity index (χ1v) is 10.7. The highest BCUT2D eigenvalue weighted by atomic mass is 16.1. The van der Waals surface area contributed by atoms with Crippen molar-refractivity contribution in [3.63, 3.8) is 0 Å². The molecule has 3 heteroatoms. The summed E-state index contributed by atoms with van der Waals surface area (Å²) in [5.41, 5.74) is 8.78. The second-order valence-electron chi connectivity index (χ2n) is 8.54. The zero-order valence-corrected chi connectivity index (χ0v) is 18.8. The maximum Gasteiger partial charge on any atom is 0.256 e. The zero-order chi connectivity index (χ0) is 22.1. The average Bonchev–Trinajstić information content (AvgIpc) is 2.74. The van der Waals surface area contributed by atoms with Crippen LogP contribution in [-0.4, -0.2) is 10.9 Å². The molecule has 0 fully saturated rings.